The number of urea groups is 1. The molecule has 3 amide bonds. The lowest BCUT2D eigenvalue weighted by molar-refractivity contribution is -0.143. The lowest BCUT2D eigenvalue weighted by Crippen LogP contribution is -2.46. The summed E-state index contributed by atoms with van der Waals surface area (Å²) >= 11 is 0. The first kappa shape index (κ1) is 26.0. The van der Waals surface area contributed by atoms with Gasteiger partial charge in [-0.3, -0.25) is 9.88 Å². The van der Waals surface area contributed by atoms with Crippen LogP contribution in [0.5, 0.6) is 5.75 Å². The standard InChI is InChI=1S/C26H28N4O6/c1-3-35-26(34)30(2)23(24(31)32)17-36-22-12-7-9-19(15-22)18-8-6-11-20(14-18)29-25(33)28-16-21-10-4-5-13-27-21/h4-15,23H,3,16-17H2,1-2H3,(H,31,32)(H2,28,29,33)/t23-/m0/s1. The quantitative estimate of drug-likeness (QED) is 0.390. The summed E-state index contributed by atoms with van der Waals surface area (Å²) in [5.74, 6) is -0.774. The van der Waals surface area contributed by atoms with E-state index in [2.05, 4.69) is 15.6 Å². The first-order valence-electron chi connectivity index (χ1n) is 11.3. The Kier molecular flexibility index (Phi) is 9.21. The normalized spacial score (nSPS) is 11.2. The van der Waals surface area contributed by atoms with E-state index in [-0.39, 0.29) is 19.2 Å². The van der Waals surface area contributed by atoms with Crippen LogP contribution in [-0.4, -0.2) is 59.4 Å². The first-order valence-corrected chi connectivity index (χ1v) is 11.3. The molecule has 3 N–H and O–H groups in total. The van der Waals surface area contributed by atoms with Crippen molar-refractivity contribution in [3.63, 3.8) is 0 Å². The fourth-order valence-electron chi connectivity index (χ4n) is 3.27. The smallest absolute Gasteiger partial charge is 0.410 e. The average molecular weight is 493 g/mol. The van der Waals surface area contributed by atoms with Crippen molar-refractivity contribution >= 4 is 23.8 Å². The summed E-state index contributed by atoms with van der Waals surface area (Å²) in [6.45, 7) is 1.82. The maximum atomic E-state index is 12.3. The van der Waals surface area contributed by atoms with E-state index in [4.69, 9.17) is 9.47 Å². The summed E-state index contributed by atoms with van der Waals surface area (Å²) in [6.07, 6.45) is 0.923. The van der Waals surface area contributed by atoms with Crippen LogP contribution in [0.4, 0.5) is 15.3 Å². The van der Waals surface area contributed by atoms with Crippen LogP contribution in [0.1, 0.15) is 12.6 Å². The van der Waals surface area contributed by atoms with E-state index in [9.17, 15) is 19.5 Å². The van der Waals surface area contributed by atoms with Crippen LogP contribution in [0, 0.1) is 0 Å². The number of hydrogen-bond acceptors (Lipinski definition) is 6. The fourth-order valence-corrected chi connectivity index (χ4v) is 3.27. The molecule has 0 fully saturated rings. The van der Waals surface area contributed by atoms with E-state index in [1.165, 1.54) is 7.05 Å². The molecule has 3 rings (SSSR count). The number of nitrogens with zero attached hydrogens (tertiary/aromatic N) is 2. The minimum atomic E-state index is -1.22. The molecule has 36 heavy (non-hydrogen) atoms. The number of amides is 3. The summed E-state index contributed by atoms with van der Waals surface area (Å²) in [6, 6.07) is 18.3. The molecule has 0 saturated heterocycles. The van der Waals surface area contributed by atoms with Gasteiger partial charge in [-0.05, 0) is 54.4 Å². The Balaban J connectivity index is 1.63. The second kappa shape index (κ2) is 12.7. The van der Waals surface area contributed by atoms with E-state index in [1.54, 1.807) is 37.4 Å². The van der Waals surface area contributed by atoms with Gasteiger partial charge in [-0.2, -0.15) is 0 Å². The predicted octanol–water partition coefficient (Wildman–Crippen LogP) is 3.99. The maximum Gasteiger partial charge on any atom is 0.410 e. The largest absolute Gasteiger partial charge is 0.491 e. The summed E-state index contributed by atoms with van der Waals surface area (Å²) in [4.78, 5) is 41.0. The Morgan fingerprint density at radius 2 is 1.78 bits per heavy atom. The van der Waals surface area contributed by atoms with Crippen LogP contribution in [-0.2, 0) is 16.1 Å². The molecular formula is C26H28N4O6. The van der Waals surface area contributed by atoms with Crippen LogP contribution < -0.4 is 15.4 Å². The Bertz CT molecular complexity index is 1190. The Hall–Kier alpha value is -4.60. The van der Waals surface area contributed by atoms with Gasteiger partial charge in [-0.15, -0.1) is 0 Å². The third-order valence-corrected chi connectivity index (χ3v) is 5.16. The lowest BCUT2D eigenvalue weighted by atomic mass is 10.0. The van der Waals surface area contributed by atoms with E-state index >= 15 is 0 Å². The number of carboxylic acids is 1. The zero-order valence-electron chi connectivity index (χ0n) is 20.0. The SMILES string of the molecule is CCOC(=O)N(C)[C@@H](COc1cccc(-c2cccc(NC(=O)NCc3ccccn3)c2)c1)C(=O)O. The van der Waals surface area contributed by atoms with Crippen LogP contribution in [0.15, 0.2) is 72.9 Å². The van der Waals surface area contributed by atoms with Gasteiger partial charge in [0.1, 0.15) is 12.4 Å². The number of hydrogen-bond donors (Lipinski definition) is 3. The number of carbonyl (C=O) groups is 3. The molecule has 10 nitrogen and oxygen atoms in total. The molecule has 10 heteroatoms. The number of carboxylic acid groups (broad SMARTS) is 1. The van der Waals surface area contributed by atoms with Gasteiger partial charge >= 0.3 is 18.1 Å². The molecule has 0 aliphatic rings. The van der Waals surface area contributed by atoms with E-state index in [0.717, 1.165) is 21.7 Å². The molecule has 1 aromatic heterocycles. The molecule has 188 valence electrons. The summed E-state index contributed by atoms with van der Waals surface area (Å²) < 4.78 is 10.6. The second-order valence-electron chi connectivity index (χ2n) is 7.71. The average Bonchev–Trinajstić information content (AvgIpc) is 2.88. The number of rotatable bonds is 10. The first-order chi connectivity index (χ1) is 17.4. The Labute approximate surface area is 208 Å². The van der Waals surface area contributed by atoms with Gasteiger partial charge in [0.2, 0.25) is 0 Å². The number of anilines is 1. The van der Waals surface area contributed by atoms with Crippen LogP contribution in [0.3, 0.4) is 0 Å². The van der Waals surface area contributed by atoms with Crippen molar-refractivity contribution < 1.29 is 29.0 Å². The maximum absolute atomic E-state index is 12.3. The van der Waals surface area contributed by atoms with Crippen molar-refractivity contribution in [2.75, 3.05) is 25.6 Å². The van der Waals surface area contributed by atoms with Crippen molar-refractivity contribution in [2.24, 2.45) is 0 Å². The number of benzene rings is 2. The number of aliphatic carboxylic acids is 1. The Morgan fingerprint density at radius 1 is 1.03 bits per heavy atom. The molecule has 3 aromatic rings. The van der Waals surface area contributed by atoms with Gasteiger partial charge in [0.15, 0.2) is 6.04 Å². The third-order valence-electron chi connectivity index (χ3n) is 5.16. The highest BCUT2D eigenvalue weighted by Crippen LogP contribution is 2.26. The highest BCUT2D eigenvalue weighted by molar-refractivity contribution is 5.90. The van der Waals surface area contributed by atoms with Crippen LogP contribution >= 0.6 is 0 Å². The number of nitrogens with one attached hydrogen (secondary N) is 2. The molecule has 0 bridgehead atoms. The van der Waals surface area contributed by atoms with Gasteiger partial charge in [-0.1, -0.05) is 30.3 Å². The number of aromatic nitrogens is 1. The van der Waals surface area contributed by atoms with Gasteiger partial charge in [0.25, 0.3) is 0 Å². The molecule has 2 aromatic carbocycles. The number of pyridine rings is 1. The molecule has 0 radical (unpaired) electrons. The van der Waals surface area contributed by atoms with Crippen molar-refractivity contribution in [2.45, 2.75) is 19.5 Å². The van der Waals surface area contributed by atoms with E-state index in [1.807, 2.05) is 42.5 Å². The predicted molar refractivity (Wildman–Crippen MR) is 134 cm³/mol. The highest BCUT2D eigenvalue weighted by Gasteiger charge is 2.28. The number of likely N-dealkylation sites (N-methyl/N-ethyl adjacent to an activating group) is 1. The Morgan fingerprint density at radius 3 is 2.47 bits per heavy atom. The topological polar surface area (TPSA) is 130 Å². The van der Waals surface area contributed by atoms with Gasteiger partial charge < -0.3 is 25.2 Å². The molecule has 1 heterocycles. The summed E-state index contributed by atoms with van der Waals surface area (Å²) in [5.41, 5.74) is 2.97. The molecule has 0 unspecified atom stereocenters. The zero-order chi connectivity index (χ0) is 25.9. The third kappa shape index (κ3) is 7.45. The van der Waals surface area contributed by atoms with Crippen molar-refractivity contribution in [1.82, 2.24) is 15.2 Å². The van der Waals surface area contributed by atoms with Gasteiger partial charge in [0, 0.05) is 18.9 Å². The van der Waals surface area contributed by atoms with Crippen LogP contribution in [0.25, 0.3) is 11.1 Å². The molecule has 0 aliphatic carbocycles. The van der Waals surface area contributed by atoms with E-state index < -0.39 is 18.1 Å². The molecule has 0 spiro atoms. The monoisotopic (exact) mass is 492 g/mol. The number of carbonyl (C=O) groups excluding carboxylic acids is 2. The molecule has 1 atom stereocenters. The minimum absolute atomic E-state index is 0.137. The van der Waals surface area contributed by atoms with Gasteiger partial charge in [0.05, 0.1) is 18.8 Å². The number of ether oxygens (including phenoxy) is 2. The second-order valence-corrected chi connectivity index (χ2v) is 7.71. The van der Waals surface area contributed by atoms with Crippen molar-refractivity contribution in [3.8, 4) is 16.9 Å². The summed E-state index contributed by atoms with van der Waals surface area (Å²) in [5, 5.41) is 15.1. The van der Waals surface area contributed by atoms with Crippen LogP contribution in [0.2, 0.25) is 0 Å². The minimum Gasteiger partial charge on any atom is -0.491 e. The lowest BCUT2D eigenvalue weighted by Gasteiger charge is -2.24. The van der Waals surface area contributed by atoms with E-state index in [0.29, 0.717) is 18.0 Å². The highest BCUT2D eigenvalue weighted by atomic mass is 16.6. The fraction of sp³-hybridized carbons (Fsp3) is 0.231. The zero-order valence-corrected chi connectivity index (χ0v) is 20.0. The summed E-state index contributed by atoms with van der Waals surface area (Å²) in [7, 11) is 1.35. The van der Waals surface area contributed by atoms with Gasteiger partial charge in [-0.25, -0.2) is 14.4 Å². The molecule has 0 saturated carbocycles. The molecular weight excluding hydrogens is 464 g/mol. The molecule has 0 aliphatic heterocycles. The van der Waals surface area contributed by atoms with Crippen molar-refractivity contribution in [1.29, 1.82) is 0 Å². The van der Waals surface area contributed by atoms with Crippen molar-refractivity contribution in [3.05, 3.63) is 78.6 Å².